The maximum Gasteiger partial charge on any atom is 0.267 e. The molecule has 120 valence electrons. The lowest BCUT2D eigenvalue weighted by atomic mass is 10.1. The van der Waals surface area contributed by atoms with Crippen molar-refractivity contribution >= 4 is 17.7 Å². The molecular formula is C15H13F2N3O2S. The molecule has 0 unspecified atom stereocenters. The van der Waals surface area contributed by atoms with Crippen molar-refractivity contribution in [3.05, 3.63) is 57.5 Å². The molecule has 0 aliphatic carbocycles. The number of aromatic nitrogens is 2. The molecule has 8 heteroatoms. The van der Waals surface area contributed by atoms with Gasteiger partial charge in [0, 0.05) is 24.1 Å². The molecule has 0 spiro atoms. The number of nitrogens with zero attached hydrogens (tertiary/aromatic N) is 2. The monoisotopic (exact) mass is 337 g/mol. The minimum absolute atomic E-state index is 0.0168. The van der Waals surface area contributed by atoms with E-state index in [9.17, 15) is 18.4 Å². The van der Waals surface area contributed by atoms with Crippen molar-refractivity contribution in [3.8, 4) is 0 Å². The summed E-state index contributed by atoms with van der Waals surface area (Å²) in [5, 5.41) is 3.09. The van der Waals surface area contributed by atoms with Crippen LogP contribution < -0.4 is 10.9 Å². The summed E-state index contributed by atoms with van der Waals surface area (Å²) in [6.07, 6.45) is 1.22. The molecular weight excluding hydrogens is 324 g/mol. The van der Waals surface area contributed by atoms with Crippen molar-refractivity contribution in [2.24, 2.45) is 0 Å². The maximum atomic E-state index is 13.7. The van der Waals surface area contributed by atoms with Crippen LogP contribution in [0.2, 0.25) is 0 Å². The van der Waals surface area contributed by atoms with Crippen molar-refractivity contribution in [2.75, 3.05) is 5.75 Å². The molecule has 1 amide bonds. The molecule has 1 N–H and O–H groups in total. The van der Waals surface area contributed by atoms with Gasteiger partial charge in [-0.25, -0.2) is 13.8 Å². The summed E-state index contributed by atoms with van der Waals surface area (Å²) in [5.41, 5.74) is -0.521. The Morgan fingerprint density at radius 2 is 2.22 bits per heavy atom. The number of rotatable bonds is 3. The highest BCUT2D eigenvalue weighted by Gasteiger charge is 2.22. The van der Waals surface area contributed by atoms with Gasteiger partial charge in [-0.05, 0) is 25.1 Å². The molecule has 23 heavy (non-hydrogen) atoms. The van der Waals surface area contributed by atoms with E-state index in [4.69, 9.17) is 0 Å². The lowest BCUT2D eigenvalue weighted by molar-refractivity contribution is 0.0936. The molecule has 3 rings (SSSR count). The van der Waals surface area contributed by atoms with E-state index in [0.717, 1.165) is 24.0 Å². The van der Waals surface area contributed by atoms with Crippen LogP contribution >= 0.6 is 11.8 Å². The number of halogens is 2. The molecule has 0 bridgehead atoms. The summed E-state index contributed by atoms with van der Waals surface area (Å²) in [5.74, 6) is -1.15. The van der Waals surface area contributed by atoms with Crippen LogP contribution in [0, 0.1) is 11.6 Å². The van der Waals surface area contributed by atoms with Crippen molar-refractivity contribution in [3.63, 3.8) is 0 Å². The Balaban J connectivity index is 1.85. The number of fused-ring (bicyclic) bond motifs is 1. The molecule has 2 aromatic rings. The highest BCUT2D eigenvalue weighted by atomic mass is 32.2. The molecule has 0 radical (unpaired) electrons. The van der Waals surface area contributed by atoms with Crippen molar-refractivity contribution in [1.29, 1.82) is 0 Å². The highest BCUT2D eigenvalue weighted by Crippen LogP contribution is 2.21. The fraction of sp³-hybridized carbons (Fsp3) is 0.267. The van der Waals surface area contributed by atoms with Gasteiger partial charge in [0.25, 0.3) is 11.5 Å². The van der Waals surface area contributed by atoms with Gasteiger partial charge in [0.1, 0.15) is 17.2 Å². The van der Waals surface area contributed by atoms with Gasteiger partial charge in [0.05, 0.1) is 6.04 Å². The molecule has 1 aliphatic rings. The fourth-order valence-corrected chi connectivity index (χ4v) is 3.29. The molecule has 5 nitrogen and oxygen atoms in total. The average Bonchev–Trinajstić information content (AvgIpc) is 2.99. The number of thioether (sulfide) groups is 1. The van der Waals surface area contributed by atoms with Gasteiger partial charge in [-0.15, -0.1) is 0 Å². The van der Waals surface area contributed by atoms with Gasteiger partial charge in [0.15, 0.2) is 5.16 Å². The molecule has 1 aliphatic heterocycles. The van der Waals surface area contributed by atoms with Gasteiger partial charge < -0.3 is 5.32 Å². The number of nitrogens with one attached hydrogen (secondary N) is 1. The summed E-state index contributed by atoms with van der Waals surface area (Å²) in [6.45, 7) is 2.02. The van der Waals surface area contributed by atoms with Crippen LogP contribution in [0.15, 0.2) is 34.3 Å². The molecule has 1 atom stereocenters. The zero-order valence-electron chi connectivity index (χ0n) is 12.2. The first kappa shape index (κ1) is 15.7. The van der Waals surface area contributed by atoms with E-state index in [1.54, 1.807) is 0 Å². The number of benzene rings is 1. The summed E-state index contributed by atoms with van der Waals surface area (Å²) in [7, 11) is 0. The van der Waals surface area contributed by atoms with E-state index in [2.05, 4.69) is 10.3 Å². The predicted octanol–water partition coefficient (Wildman–Crippen LogP) is 2.12. The van der Waals surface area contributed by atoms with Gasteiger partial charge >= 0.3 is 0 Å². The van der Waals surface area contributed by atoms with Crippen LogP contribution in [-0.2, 0) is 6.54 Å². The maximum absolute atomic E-state index is 13.7. The summed E-state index contributed by atoms with van der Waals surface area (Å²) >= 11 is 1.45. The average molecular weight is 337 g/mol. The summed E-state index contributed by atoms with van der Waals surface area (Å²) < 4.78 is 28.4. The van der Waals surface area contributed by atoms with Gasteiger partial charge in [-0.2, -0.15) is 0 Å². The van der Waals surface area contributed by atoms with E-state index in [0.29, 0.717) is 11.7 Å². The van der Waals surface area contributed by atoms with Crippen LogP contribution in [0.25, 0.3) is 0 Å². The number of carbonyl (C=O) groups is 1. The Kier molecular flexibility index (Phi) is 4.16. The third-order valence-corrected chi connectivity index (χ3v) is 4.54. The first-order chi connectivity index (χ1) is 11.0. The zero-order chi connectivity index (χ0) is 16.6. The molecule has 2 heterocycles. The quantitative estimate of drug-likeness (QED) is 0.872. The normalized spacial score (nSPS) is 14.4. The standard InChI is InChI=1S/C15H13F2N3O2S/c1-8(10-6-9(16)2-3-12(10)17)19-13(21)11-7-18-15-20(14(11)22)4-5-23-15/h2-3,6-8H,4-5H2,1H3,(H,19,21)/t8-/m0/s1. The second-order valence-electron chi connectivity index (χ2n) is 5.12. The van der Waals surface area contributed by atoms with Crippen LogP contribution in [0.5, 0.6) is 0 Å². The largest absolute Gasteiger partial charge is 0.345 e. The first-order valence-electron chi connectivity index (χ1n) is 6.96. The van der Waals surface area contributed by atoms with E-state index in [1.165, 1.54) is 29.4 Å². The van der Waals surface area contributed by atoms with E-state index in [-0.39, 0.29) is 11.1 Å². The van der Waals surface area contributed by atoms with Gasteiger partial charge in [-0.1, -0.05) is 11.8 Å². The van der Waals surface area contributed by atoms with Crippen molar-refractivity contribution in [2.45, 2.75) is 24.7 Å². The Morgan fingerprint density at radius 1 is 1.43 bits per heavy atom. The van der Waals surface area contributed by atoms with Gasteiger partial charge in [-0.3, -0.25) is 14.2 Å². The fourth-order valence-electron chi connectivity index (χ4n) is 2.37. The highest BCUT2D eigenvalue weighted by molar-refractivity contribution is 7.99. The number of amides is 1. The number of carbonyl (C=O) groups excluding carboxylic acids is 1. The van der Waals surface area contributed by atoms with Gasteiger partial charge in [0.2, 0.25) is 0 Å². The van der Waals surface area contributed by atoms with E-state index in [1.807, 2.05) is 0 Å². The number of hydrogen-bond donors (Lipinski definition) is 1. The topological polar surface area (TPSA) is 64.0 Å². The smallest absolute Gasteiger partial charge is 0.267 e. The Labute approximate surface area is 134 Å². The minimum Gasteiger partial charge on any atom is -0.345 e. The third-order valence-electron chi connectivity index (χ3n) is 3.57. The van der Waals surface area contributed by atoms with Crippen molar-refractivity contribution < 1.29 is 13.6 Å². The summed E-state index contributed by atoms with van der Waals surface area (Å²) in [4.78, 5) is 28.6. The van der Waals surface area contributed by atoms with Crippen molar-refractivity contribution in [1.82, 2.24) is 14.9 Å². The Hall–Kier alpha value is -2.22. The SMILES string of the molecule is C[C@H](NC(=O)c1cnc2n(c1=O)CCS2)c1cc(F)ccc1F. The molecule has 1 aromatic carbocycles. The minimum atomic E-state index is -0.787. The molecule has 1 aromatic heterocycles. The zero-order valence-corrected chi connectivity index (χ0v) is 13.0. The second kappa shape index (κ2) is 6.11. The lowest BCUT2D eigenvalue weighted by Gasteiger charge is -2.15. The van der Waals surface area contributed by atoms with Crippen LogP contribution in [0.4, 0.5) is 8.78 Å². The lowest BCUT2D eigenvalue weighted by Crippen LogP contribution is -2.35. The van der Waals surface area contributed by atoms with Crippen LogP contribution in [-0.4, -0.2) is 21.2 Å². The number of hydrogen-bond acceptors (Lipinski definition) is 4. The first-order valence-corrected chi connectivity index (χ1v) is 7.94. The molecule has 0 saturated carbocycles. The third kappa shape index (κ3) is 2.98. The Morgan fingerprint density at radius 3 is 3.00 bits per heavy atom. The predicted molar refractivity (Wildman–Crippen MR) is 81.5 cm³/mol. The van der Waals surface area contributed by atoms with E-state index < -0.39 is 29.1 Å². The summed E-state index contributed by atoms with van der Waals surface area (Å²) in [6, 6.07) is 2.23. The van der Waals surface area contributed by atoms with E-state index >= 15 is 0 Å². The van der Waals surface area contributed by atoms with Crippen LogP contribution in [0.1, 0.15) is 28.9 Å². The molecule has 0 fully saturated rings. The second-order valence-corrected chi connectivity index (χ2v) is 6.18. The Bertz CT molecular complexity index is 838. The van der Waals surface area contributed by atoms with Crippen LogP contribution in [0.3, 0.4) is 0 Å². The molecule has 0 saturated heterocycles.